The number of aryl methyl sites for hydroxylation is 1. The Morgan fingerprint density at radius 3 is 2.92 bits per heavy atom. The lowest BCUT2D eigenvalue weighted by molar-refractivity contribution is -0.0288. The molecule has 25 heavy (non-hydrogen) atoms. The molecule has 132 valence electrons. The van der Waals surface area contributed by atoms with Crippen molar-refractivity contribution < 1.29 is 9.84 Å². The minimum absolute atomic E-state index is 0.141. The van der Waals surface area contributed by atoms with E-state index in [1.165, 1.54) is 0 Å². The maximum atomic E-state index is 10.9. The Hall–Kier alpha value is -2.11. The summed E-state index contributed by atoms with van der Waals surface area (Å²) in [5.74, 6) is 0. The fourth-order valence-corrected chi connectivity index (χ4v) is 4.05. The van der Waals surface area contributed by atoms with Gasteiger partial charge in [0.15, 0.2) is 0 Å². The van der Waals surface area contributed by atoms with Crippen LogP contribution in [0.25, 0.3) is 11.1 Å². The highest BCUT2D eigenvalue weighted by atomic mass is 16.5. The van der Waals surface area contributed by atoms with Gasteiger partial charge in [-0.25, -0.2) is 0 Å². The predicted octanol–water partition coefficient (Wildman–Crippen LogP) is 2.92. The lowest BCUT2D eigenvalue weighted by Gasteiger charge is -2.52. The molecule has 0 spiro atoms. The minimum Gasteiger partial charge on any atom is -0.399 e. The van der Waals surface area contributed by atoms with Crippen LogP contribution in [0.1, 0.15) is 31.2 Å². The van der Waals surface area contributed by atoms with Crippen molar-refractivity contribution in [2.75, 3.05) is 30.4 Å². The Kier molecular flexibility index (Phi) is 3.74. The summed E-state index contributed by atoms with van der Waals surface area (Å²) in [5.41, 5.74) is 11.4. The molecule has 1 fully saturated rings. The zero-order valence-electron chi connectivity index (χ0n) is 15.0. The van der Waals surface area contributed by atoms with Crippen molar-refractivity contribution in [3.8, 4) is 11.1 Å². The van der Waals surface area contributed by atoms with Crippen LogP contribution in [0.5, 0.6) is 0 Å². The van der Waals surface area contributed by atoms with E-state index in [1.807, 2.05) is 24.4 Å². The standard InChI is InChI=1S/C20H25N3O2/c1-12-4-5-14(21)9-15(12)13-8-16-18(22-10-13)19(24)20(2,3)17-11-25-7-6-23(16)17/h4-5,8-10,17,19,24H,6-7,11,21H2,1-3H3. The van der Waals surface area contributed by atoms with Crippen molar-refractivity contribution in [3.05, 3.63) is 41.7 Å². The molecule has 2 aliphatic heterocycles. The molecule has 2 unspecified atom stereocenters. The van der Waals surface area contributed by atoms with E-state index in [-0.39, 0.29) is 11.5 Å². The molecule has 1 aromatic carbocycles. The van der Waals surface area contributed by atoms with Gasteiger partial charge in [0.05, 0.1) is 30.6 Å². The number of aliphatic hydroxyl groups excluding tert-OH is 1. The molecule has 3 heterocycles. The zero-order valence-corrected chi connectivity index (χ0v) is 15.0. The number of ether oxygens (including phenoxy) is 1. The van der Waals surface area contributed by atoms with E-state index in [2.05, 4.69) is 36.7 Å². The molecule has 5 heteroatoms. The molecule has 2 atom stereocenters. The number of nitrogens with two attached hydrogens (primary N) is 1. The Balaban J connectivity index is 1.86. The molecular formula is C20H25N3O2. The average molecular weight is 339 g/mol. The number of benzene rings is 1. The summed E-state index contributed by atoms with van der Waals surface area (Å²) in [6.07, 6.45) is 1.24. The smallest absolute Gasteiger partial charge is 0.105 e. The van der Waals surface area contributed by atoms with Crippen molar-refractivity contribution in [2.45, 2.75) is 32.9 Å². The third-order valence-corrected chi connectivity index (χ3v) is 5.73. The van der Waals surface area contributed by atoms with E-state index in [0.717, 1.165) is 40.3 Å². The number of nitrogens with zero attached hydrogens (tertiary/aromatic N) is 2. The second-order valence-corrected chi connectivity index (χ2v) is 7.71. The molecule has 0 aliphatic carbocycles. The highest BCUT2D eigenvalue weighted by Gasteiger charge is 2.48. The van der Waals surface area contributed by atoms with E-state index in [4.69, 9.17) is 10.5 Å². The fourth-order valence-electron chi connectivity index (χ4n) is 4.05. The van der Waals surface area contributed by atoms with Crippen LogP contribution in [0.3, 0.4) is 0 Å². The zero-order chi connectivity index (χ0) is 17.8. The highest BCUT2D eigenvalue weighted by Crippen LogP contribution is 2.48. The van der Waals surface area contributed by atoms with Crippen molar-refractivity contribution >= 4 is 11.4 Å². The van der Waals surface area contributed by atoms with Crippen LogP contribution < -0.4 is 10.6 Å². The van der Waals surface area contributed by atoms with Crippen LogP contribution in [-0.4, -0.2) is 35.9 Å². The quantitative estimate of drug-likeness (QED) is 0.782. The lowest BCUT2D eigenvalue weighted by atomic mass is 9.73. The summed E-state index contributed by atoms with van der Waals surface area (Å²) in [6.45, 7) is 8.39. The van der Waals surface area contributed by atoms with Gasteiger partial charge in [-0.1, -0.05) is 19.9 Å². The second-order valence-electron chi connectivity index (χ2n) is 7.71. The summed E-state index contributed by atoms with van der Waals surface area (Å²) in [4.78, 5) is 7.01. The summed E-state index contributed by atoms with van der Waals surface area (Å²) < 4.78 is 5.70. The number of hydrogen-bond acceptors (Lipinski definition) is 5. The van der Waals surface area contributed by atoms with Crippen LogP contribution in [0, 0.1) is 12.3 Å². The van der Waals surface area contributed by atoms with Crippen LogP contribution >= 0.6 is 0 Å². The molecule has 1 saturated heterocycles. The molecule has 2 aliphatic rings. The molecule has 4 rings (SSSR count). The number of hydrogen-bond donors (Lipinski definition) is 2. The topological polar surface area (TPSA) is 71.6 Å². The molecule has 1 aromatic heterocycles. The van der Waals surface area contributed by atoms with Crippen molar-refractivity contribution in [3.63, 3.8) is 0 Å². The molecule has 5 nitrogen and oxygen atoms in total. The molecule has 0 bridgehead atoms. The summed E-state index contributed by atoms with van der Waals surface area (Å²) in [5, 5.41) is 10.9. The Labute approximate surface area is 148 Å². The first kappa shape index (κ1) is 16.4. The number of aliphatic hydroxyl groups is 1. The van der Waals surface area contributed by atoms with Crippen LogP contribution in [0.2, 0.25) is 0 Å². The third-order valence-electron chi connectivity index (χ3n) is 5.73. The van der Waals surface area contributed by atoms with E-state index in [0.29, 0.717) is 13.2 Å². The molecule has 2 aromatic rings. The molecular weight excluding hydrogens is 314 g/mol. The largest absolute Gasteiger partial charge is 0.399 e. The van der Waals surface area contributed by atoms with Crippen LogP contribution in [0.15, 0.2) is 30.5 Å². The normalized spacial score (nSPS) is 24.6. The number of morpholine rings is 1. The molecule has 0 radical (unpaired) electrons. The van der Waals surface area contributed by atoms with Gasteiger partial charge in [-0.05, 0) is 36.2 Å². The number of fused-ring (bicyclic) bond motifs is 3. The Bertz CT molecular complexity index is 819. The minimum atomic E-state index is -0.610. The monoisotopic (exact) mass is 339 g/mol. The van der Waals surface area contributed by atoms with Gasteiger partial charge in [-0.3, -0.25) is 4.98 Å². The first-order chi connectivity index (χ1) is 11.9. The van der Waals surface area contributed by atoms with Gasteiger partial charge in [-0.15, -0.1) is 0 Å². The van der Waals surface area contributed by atoms with Crippen molar-refractivity contribution in [1.29, 1.82) is 0 Å². The number of anilines is 2. The number of pyridine rings is 1. The predicted molar refractivity (Wildman–Crippen MR) is 99.5 cm³/mol. The maximum Gasteiger partial charge on any atom is 0.105 e. The summed E-state index contributed by atoms with van der Waals surface area (Å²) >= 11 is 0. The van der Waals surface area contributed by atoms with E-state index >= 15 is 0 Å². The number of aromatic nitrogens is 1. The lowest BCUT2D eigenvalue weighted by Crippen LogP contribution is -2.58. The molecule has 0 amide bonds. The van der Waals surface area contributed by atoms with Crippen LogP contribution in [0.4, 0.5) is 11.4 Å². The number of rotatable bonds is 1. The maximum absolute atomic E-state index is 10.9. The Morgan fingerprint density at radius 1 is 1.32 bits per heavy atom. The van der Waals surface area contributed by atoms with Crippen molar-refractivity contribution in [2.24, 2.45) is 5.41 Å². The van der Waals surface area contributed by atoms with Gasteiger partial charge in [-0.2, -0.15) is 0 Å². The summed E-state index contributed by atoms with van der Waals surface area (Å²) in [7, 11) is 0. The second kappa shape index (κ2) is 5.71. The first-order valence-corrected chi connectivity index (χ1v) is 8.78. The SMILES string of the molecule is Cc1ccc(N)cc1-c1cnc2c(c1)N1CCOCC1C(C)(C)C2O. The third kappa shape index (κ3) is 2.50. The highest BCUT2D eigenvalue weighted by molar-refractivity contribution is 5.74. The molecule has 0 saturated carbocycles. The van der Waals surface area contributed by atoms with Gasteiger partial charge in [0.1, 0.15) is 6.10 Å². The van der Waals surface area contributed by atoms with Gasteiger partial charge in [0.25, 0.3) is 0 Å². The van der Waals surface area contributed by atoms with Gasteiger partial charge < -0.3 is 20.5 Å². The van der Waals surface area contributed by atoms with E-state index in [9.17, 15) is 5.11 Å². The van der Waals surface area contributed by atoms with Gasteiger partial charge >= 0.3 is 0 Å². The van der Waals surface area contributed by atoms with E-state index < -0.39 is 6.10 Å². The van der Waals surface area contributed by atoms with E-state index in [1.54, 1.807) is 0 Å². The van der Waals surface area contributed by atoms with Gasteiger partial charge in [0.2, 0.25) is 0 Å². The van der Waals surface area contributed by atoms with Gasteiger partial charge in [0, 0.05) is 29.4 Å². The first-order valence-electron chi connectivity index (χ1n) is 8.78. The van der Waals surface area contributed by atoms with Crippen LogP contribution in [-0.2, 0) is 4.74 Å². The average Bonchev–Trinajstić information content (AvgIpc) is 2.62. The van der Waals surface area contributed by atoms with Crippen molar-refractivity contribution in [1.82, 2.24) is 4.98 Å². The summed E-state index contributed by atoms with van der Waals surface area (Å²) in [6, 6.07) is 8.21. The number of nitrogen functional groups attached to an aromatic ring is 1. The fraction of sp³-hybridized carbons (Fsp3) is 0.450. The molecule has 3 N–H and O–H groups in total. The Morgan fingerprint density at radius 2 is 2.12 bits per heavy atom.